The van der Waals surface area contributed by atoms with Crippen molar-refractivity contribution in [2.75, 3.05) is 20.2 Å². The van der Waals surface area contributed by atoms with Crippen molar-refractivity contribution in [1.29, 1.82) is 0 Å². The quantitative estimate of drug-likeness (QED) is 0.418. The molecule has 0 atom stereocenters. The number of methoxy groups -OCH3 is 1. The van der Waals surface area contributed by atoms with Crippen molar-refractivity contribution in [1.82, 2.24) is 4.90 Å². The molecule has 1 aliphatic heterocycles. The number of likely N-dealkylation sites (tertiary alicyclic amines) is 1. The number of nitrogens with zero attached hydrogens (tertiary/aromatic N) is 1. The van der Waals surface area contributed by atoms with Gasteiger partial charge in [0.05, 0.1) is 17.4 Å². The molecular weight excluding hydrogens is 451 g/mol. The van der Waals surface area contributed by atoms with Crippen LogP contribution in [0.2, 0.25) is 0 Å². The number of hydrogen-bond donors (Lipinski definition) is 0. The van der Waals surface area contributed by atoms with Gasteiger partial charge in [-0.25, -0.2) is 4.79 Å². The molecule has 3 aromatic rings. The number of amides is 1. The first-order chi connectivity index (χ1) is 15.8. The third-order valence-electron chi connectivity index (χ3n) is 5.47. The fraction of sp³-hybridized carbons (Fsp3) is 0.240. The third kappa shape index (κ3) is 5.27. The molecule has 33 heavy (non-hydrogen) atoms. The summed E-state index contributed by atoms with van der Waals surface area (Å²) in [4.78, 5) is 14.9. The van der Waals surface area contributed by atoms with E-state index in [0.717, 1.165) is 23.3 Å². The normalized spacial score (nSPS) is 15.0. The number of carbonyl (C=O) groups excluding carboxylic acids is 1. The van der Waals surface area contributed by atoms with E-state index in [1.54, 1.807) is 12.0 Å². The van der Waals surface area contributed by atoms with Gasteiger partial charge < -0.3 is 14.4 Å². The molecule has 0 radical (unpaired) electrons. The van der Waals surface area contributed by atoms with Gasteiger partial charge in [0, 0.05) is 18.0 Å². The van der Waals surface area contributed by atoms with Crippen LogP contribution in [-0.4, -0.2) is 31.2 Å². The average Bonchev–Trinajstić information content (AvgIpc) is 2.80. The van der Waals surface area contributed by atoms with Gasteiger partial charge in [-0.2, -0.15) is 13.2 Å². The van der Waals surface area contributed by atoms with E-state index in [0.29, 0.717) is 23.7 Å². The molecule has 0 unspecified atom stereocenters. The Morgan fingerprint density at radius 1 is 0.970 bits per heavy atom. The van der Waals surface area contributed by atoms with Crippen LogP contribution in [0.4, 0.5) is 18.0 Å². The van der Waals surface area contributed by atoms with Crippen LogP contribution in [0.5, 0.6) is 5.75 Å². The van der Waals surface area contributed by atoms with Crippen molar-refractivity contribution in [2.24, 2.45) is 0 Å². The van der Waals surface area contributed by atoms with E-state index in [1.807, 2.05) is 54.6 Å². The highest BCUT2D eigenvalue weighted by molar-refractivity contribution is 8.00. The third-order valence-corrected chi connectivity index (χ3v) is 6.86. The van der Waals surface area contributed by atoms with Crippen LogP contribution in [0, 0.1) is 0 Å². The largest absolute Gasteiger partial charge is 0.497 e. The van der Waals surface area contributed by atoms with Crippen molar-refractivity contribution in [3.05, 3.63) is 95.6 Å². The maximum Gasteiger partial charge on any atom is 0.416 e. The summed E-state index contributed by atoms with van der Waals surface area (Å²) in [6, 6.07) is 22.0. The van der Waals surface area contributed by atoms with Gasteiger partial charge in [0.15, 0.2) is 0 Å². The molecule has 3 aromatic carbocycles. The van der Waals surface area contributed by atoms with Crippen molar-refractivity contribution in [3.8, 4) is 5.75 Å². The molecule has 1 aliphatic rings. The van der Waals surface area contributed by atoms with Crippen LogP contribution in [0.15, 0.2) is 83.8 Å². The zero-order chi connectivity index (χ0) is 23.5. The fourth-order valence-electron chi connectivity index (χ4n) is 3.65. The Kier molecular flexibility index (Phi) is 6.56. The summed E-state index contributed by atoms with van der Waals surface area (Å²) in [5.74, 6) is 0.701. The van der Waals surface area contributed by atoms with Crippen LogP contribution in [0.1, 0.15) is 16.7 Å². The standard InChI is InChI=1S/C25H22F3NO3S/c1-31-21-11-7-19(8-12-21)24(33-22-13-9-20(10-14-22)25(26,27)28)16-29(17-24)23(30)32-15-18-5-3-2-4-6-18/h2-14H,15-17H2,1H3. The van der Waals surface area contributed by atoms with Gasteiger partial charge >= 0.3 is 12.3 Å². The molecule has 1 heterocycles. The number of thioether (sulfide) groups is 1. The maximum atomic E-state index is 12.9. The predicted molar refractivity (Wildman–Crippen MR) is 120 cm³/mol. The first-order valence-corrected chi connectivity index (χ1v) is 11.1. The Morgan fingerprint density at radius 2 is 1.61 bits per heavy atom. The Bertz CT molecular complexity index is 1080. The van der Waals surface area contributed by atoms with Crippen molar-refractivity contribution < 1.29 is 27.4 Å². The van der Waals surface area contributed by atoms with E-state index in [9.17, 15) is 18.0 Å². The Hall–Kier alpha value is -3.13. The summed E-state index contributed by atoms with van der Waals surface area (Å²) in [6.07, 6.45) is -4.80. The molecule has 1 amide bonds. The number of carbonyl (C=O) groups is 1. The summed E-state index contributed by atoms with van der Waals surface area (Å²) >= 11 is 1.44. The Balaban J connectivity index is 1.49. The number of rotatable bonds is 6. The lowest BCUT2D eigenvalue weighted by molar-refractivity contribution is -0.137. The minimum Gasteiger partial charge on any atom is -0.497 e. The molecule has 1 saturated heterocycles. The van der Waals surface area contributed by atoms with E-state index >= 15 is 0 Å². The molecule has 172 valence electrons. The monoisotopic (exact) mass is 473 g/mol. The van der Waals surface area contributed by atoms with E-state index < -0.39 is 22.6 Å². The number of hydrogen-bond acceptors (Lipinski definition) is 4. The topological polar surface area (TPSA) is 38.8 Å². The van der Waals surface area contributed by atoms with Gasteiger partial charge in [0.1, 0.15) is 12.4 Å². The van der Waals surface area contributed by atoms with Gasteiger partial charge in [-0.15, -0.1) is 11.8 Å². The van der Waals surface area contributed by atoms with Crippen LogP contribution < -0.4 is 4.74 Å². The van der Waals surface area contributed by atoms with Crippen LogP contribution in [0.25, 0.3) is 0 Å². The number of alkyl halides is 3. The first-order valence-electron chi connectivity index (χ1n) is 10.3. The minimum absolute atomic E-state index is 0.178. The number of halogens is 3. The first kappa shape index (κ1) is 23.0. The zero-order valence-corrected chi connectivity index (χ0v) is 18.7. The van der Waals surface area contributed by atoms with Crippen molar-refractivity contribution in [2.45, 2.75) is 22.4 Å². The van der Waals surface area contributed by atoms with Gasteiger partial charge in [-0.3, -0.25) is 0 Å². The molecule has 0 bridgehead atoms. The summed E-state index contributed by atoms with van der Waals surface area (Å²) in [7, 11) is 1.58. The Morgan fingerprint density at radius 3 is 2.18 bits per heavy atom. The molecule has 4 nitrogen and oxygen atoms in total. The second-order valence-corrected chi connectivity index (χ2v) is 9.20. The summed E-state index contributed by atoms with van der Waals surface area (Å²) in [5, 5.41) is 0. The highest BCUT2D eigenvalue weighted by Gasteiger charge is 2.48. The molecule has 0 spiro atoms. The van der Waals surface area contributed by atoms with Crippen LogP contribution in [-0.2, 0) is 22.3 Å². The van der Waals surface area contributed by atoms with Gasteiger partial charge in [-0.1, -0.05) is 42.5 Å². The lowest BCUT2D eigenvalue weighted by Crippen LogP contribution is -2.59. The van der Waals surface area contributed by atoms with E-state index in [2.05, 4.69) is 0 Å². The SMILES string of the molecule is COc1ccc(C2(Sc3ccc(C(F)(F)F)cc3)CN(C(=O)OCc3ccccc3)C2)cc1. The van der Waals surface area contributed by atoms with Gasteiger partial charge in [0.2, 0.25) is 0 Å². The van der Waals surface area contributed by atoms with Crippen molar-refractivity contribution >= 4 is 17.9 Å². The smallest absolute Gasteiger partial charge is 0.416 e. The van der Waals surface area contributed by atoms with Crippen LogP contribution >= 0.6 is 11.8 Å². The van der Waals surface area contributed by atoms with E-state index in [-0.39, 0.29) is 6.61 Å². The average molecular weight is 474 g/mol. The molecule has 8 heteroatoms. The molecule has 0 aromatic heterocycles. The lowest BCUT2D eigenvalue weighted by atomic mass is 9.90. The predicted octanol–water partition coefficient (Wildman–Crippen LogP) is 6.35. The molecule has 4 rings (SSSR count). The summed E-state index contributed by atoms with van der Waals surface area (Å²) in [6.45, 7) is 0.926. The second kappa shape index (κ2) is 9.39. The highest BCUT2D eigenvalue weighted by atomic mass is 32.2. The second-order valence-electron chi connectivity index (χ2n) is 7.74. The van der Waals surface area contributed by atoms with Gasteiger partial charge in [-0.05, 0) is 47.5 Å². The molecule has 0 N–H and O–H groups in total. The molecule has 0 saturated carbocycles. The van der Waals surface area contributed by atoms with E-state index in [1.165, 1.54) is 23.9 Å². The number of ether oxygens (including phenoxy) is 2. The minimum atomic E-state index is -4.38. The van der Waals surface area contributed by atoms with Crippen molar-refractivity contribution in [3.63, 3.8) is 0 Å². The summed E-state index contributed by atoms with van der Waals surface area (Å²) in [5.41, 5.74) is 1.16. The fourth-order valence-corrected chi connectivity index (χ4v) is 5.07. The Labute approximate surface area is 194 Å². The molecule has 1 fully saturated rings. The van der Waals surface area contributed by atoms with E-state index in [4.69, 9.17) is 9.47 Å². The lowest BCUT2D eigenvalue weighted by Gasteiger charge is -2.49. The highest BCUT2D eigenvalue weighted by Crippen LogP contribution is 2.49. The maximum absolute atomic E-state index is 12.9. The molecule has 0 aliphatic carbocycles. The molecular formula is C25H22F3NO3S. The number of benzene rings is 3. The summed E-state index contributed by atoms with van der Waals surface area (Å²) < 4.78 is 49.0. The van der Waals surface area contributed by atoms with Crippen LogP contribution in [0.3, 0.4) is 0 Å². The van der Waals surface area contributed by atoms with Gasteiger partial charge in [0.25, 0.3) is 0 Å². The zero-order valence-electron chi connectivity index (χ0n) is 17.8.